The molecule has 0 saturated heterocycles. The number of ether oxygens (including phenoxy) is 1. The van der Waals surface area contributed by atoms with Gasteiger partial charge in [0.15, 0.2) is 0 Å². The lowest BCUT2D eigenvalue weighted by molar-refractivity contribution is -0.140. The van der Waals surface area contributed by atoms with Crippen LogP contribution in [0, 0.1) is 5.92 Å². The van der Waals surface area contributed by atoms with Crippen molar-refractivity contribution < 1.29 is 9.53 Å². The highest BCUT2D eigenvalue weighted by molar-refractivity contribution is 5.91. The number of hydrogen-bond donors (Lipinski definition) is 0. The van der Waals surface area contributed by atoms with E-state index in [1.807, 2.05) is 6.92 Å². The third-order valence-corrected chi connectivity index (χ3v) is 2.97. The van der Waals surface area contributed by atoms with Crippen molar-refractivity contribution in [3.63, 3.8) is 0 Å². The van der Waals surface area contributed by atoms with Crippen LogP contribution in [0.1, 0.15) is 33.1 Å². The van der Waals surface area contributed by atoms with Gasteiger partial charge >= 0.3 is 5.97 Å². The Kier molecular flexibility index (Phi) is 1.71. The fourth-order valence-electron chi connectivity index (χ4n) is 2.31. The second kappa shape index (κ2) is 2.61. The first-order chi connectivity index (χ1) is 5.70. The maximum atomic E-state index is 11.2. The Morgan fingerprint density at radius 1 is 1.42 bits per heavy atom. The summed E-state index contributed by atoms with van der Waals surface area (Å²) in [5.74, 6) is 0.457. The third-order valence-electron chi connectivity index (χ3n) is 2.97. The fourth-order valence-corrected chi connectivity index (χ4v) is 2.31. The molecule has 0 aromatic carbocycles. The topological polar surface area (TPSA) is 26.3 Å². The summed E-state index contributed by atoms with van der Waals surface area (Å²) in [5.41, 5.74) is 2.14. The molecule has 2 aliphatic rings. The minimum absolute atomic E-state index is 0.0937. The van der Waals surface area contributed by atoms with Gasteiger partial charge in [0.05, 0.1) is 0 Å². The van der Waals surface area contributed by atoms with Crippen LogP contribution < -0.4 is 0 Å². The molecule has 2 atom stereocenters. The second-order valence-corrected chi connectivity index (χ2v) is 3.81. The Bertz CT molecular complexity index is 253. The molecule has 1 aliphatic carbocycles. The van der Waals surface area contributed by atoms with Gasteiger partial charge in [-0.15, -0.1) is 0 Å². The summed E-state index contributed by atoms with van der Waals surface area (Å²) in [6.45, 7) is 4.08. The Morgan fingerprint density at radius 3 is 2.83 bits per heavy atom. The molecule has 0 radical (unpaired) electrons. The average Bonchev–Trinajstić information content (AvgIpc) is 2.29. The Morgan fingerprint density at radius 2 is 2.17 bits per heavy atom. The molecule has 2 nitrogen and oxygen atoms in total. The zero-order valence-corrected chi connectivity index (χ0v) is 7.59. The van der Waals surface area contributed by atoms with E-state index < -0.39 is 0 Å². The first kappa shape index (κ1) is 7.84. The minimum atomic E-state index is -0.0937. The summed E-state index contributed by atoms with van der Waals surface area (Å²) in [7, 11) is 0. The van der Waals surface area contributed by atoms with Gasteiger partial charge in [-0.05, 0) is 37.7 Å². The highest BCUT2D eigenvalue weighted by atomic mass is 16.5. The lowest BCUT2D eigenvalue weighted by atomic mass is 9.82. The van der Waals surface area contributed by atoms with Crippen molar-refractivity contribution in [3.8, 4) is 0 Å². The number of fused-ring (bicyclic) bond motifs is 1. The average molecular weight is 166 g/mol. The fraction of sp³-hybridized carbons (Fsp3) is 0.700. The number of rotatable bonds is 0. The first-order valence-electron chi connectivity index (χ1n) is 4.62. The molecule has 0 spiro atoms. The van der Waals surface area contributed by atoms with Crippen molar-refractivity contribution in [1.82, 2.24) is 0 Å². The predicted octanol–water partition coefficient (Wildman–Crippen LogP) is 2.05. The van der Waals surface area contributed by atoms with Crippen molar-refractivity contribution in [1.29, 1.82) is 0 Å². The standard InChI is InChI=1S/C10H14O2/c1-6-4-3-5-8-9(6)7(2)10(11)12-8/h6,8H,3-5H2,1-2H3/t6-,8+/m0/s1. The van der Waals surface area contributed by atoms with Gasteiger partial charge < -0.3 is 4.74 Å². The highest BCUT2D eigenvalue weighted by Gasteiger charge is 2.36. The van der Waals surface area contributed by atoms with E-state index in [1.165, 1.54) is 18.4 Å². The summed E-state index contributed by atoms with van der Waals surface area (Å²) >= 11 is 0. The van der Waals surface area contributed by atoms with Crippen LogP contribution in [0.15, 0.2) is 11.1 Å². The zero-order valence-electron chi connectivity index (χ0n) is 7.59. The SMILES string of the molecule is CC1=C2[C@@H](C)CCC[C@H]2OC1=O. The predicted molar refractivity (Wildman–Crippen MR) is 45.6 cm³/mol. The smallest absolute Gasteiger partial charge is 0.334 e. The van der Waals surface area contributed by atoms with Gasteiger partial charge in [0, 0.05) is 5.57 Å². The monoisotopic (exact) mass is 166 g/mol. The lowest BCUT2D eigenvalue weighted by Crippen LogP contribution is -2.20. The van der Waals surface area contributed by atoms with Crippen LogP contribution in [0.3, 0.4) is 0 Å². The van der Waals surface area contributed by atoms with Gasteiger partial charge in [-0.25, -0.2) is 4.79 Å². The van der Waals surface area contributed by atoms with Gasteiger partial charge in [0.25, 0.3) is 0 Å². The van der Waals surface area contributed by atoms with Crippen LogP contribution in [-0.2, 0) is 9.53 Å². The van der Waals surface area contributed by atoms with E-state index in [4.69, 9.17) is 4.74 Å². The number of esters is 1. The van der Waals surface area contributed by atoms with E-state index in [-0.39, 0.29) is 12.1 Å². The quantitative estimate of drug-likeness (QED) is 0.515. The van der Waals surface area contributed by atoms with Crippen molar-refractivity contribution >= 4 is 5.97 Å². The molecule has 2 rings (SSSR count). The van der Waals surface area contributed by atoms with Crippen LogP contribution >= 0.6 is 0 Å². The largest absolute Gasteiger partial charge is 0.454 e. The number of hydrogen-bond acceptors (Lipinski definition) is 2. The first-order valence-corrected chi connectivity index (χ1v) is 4.62. The van der Waals surface area contributed by atoms with E-state index in [0.717, 1.165) is 12.0 Å². The molecule has 1 heterocycles. The van der Waals surface area contributed by atoms with Gasteiger partial charge in [-0.2, -0.15) is 0 Å². The molecule has 0 amide bonds. The van der Waals surface area contributed by atoms with Crippen LogP contribution in [0.5, 0.6) is 0 Å². The summed E-state index contributed by atoms with van der Waals surface area (Å²) in [6.07, 6.45) is 3.56. The highest BCUT2D eigenvalue weighted by Crippen LogP contribution is 2.37. The lowest BCUT2D eigenvalue weighted by Gasteiger charge is -2.25. The Labute approximate surface area is 72.6 Å². The molecule has 0 bridgehead atoms. The number of carbonyl (C=O) groups is 1. The summed E-state index contributed by atoms with van der Waals surface area (Å²) < 4.78 is 5.23. The number of carbonyl (C=O) groups excluding carboxylic acids is 1. The molecule has 0 N–H and O–H groups in total. The van der Waals surface area contributed by atoms with E-state index in [0.29, 0.717) is 5.92 Å². The maximum absolute atomic E-state index is 11.2. The van der Waals surface area contributed by atoms with Crippen molar-refractivity contribution in [3.05, 3.63) is 11.1 Å². The maximum Gasteiger partial charge on any atom is 0.334 e. The third kappa shape index (κ3) is 0.977. The normalized spacial score (nSPS) is 35.0. The molecule has 1 aliphatic heterocycles. The second-order valence-electron chi connectivity index (χ2n) is 3.81. The molecule has 66 valence electrons. The van der Waals surface area contributed by atoms with Crippen molar-refractivity contribution in [2.45, 2.75) is 39.2 Å². The van der Waals surface area contributed by atoms with Gasteiger partial charge in [-0.3, -0.25) is 0 Å². The molecule has 12 heavy (non-hydrogen) atoms. The van der Waals surface area contributed by atoms with Crippen molar-refractivity contribution in [2.24, 2.45) is 5.92 Å². The van der Waals surface area contributed by atoms with Crippen molar-refractivity contribution in [2.75, 3.05) is 0 Å². The van der Waals surface area contributed by atoms with Crippen LogP contribution in [0.2, 0.25) is 0 Å². The molecule has 0 aromatic heterocycles. The molecule has 1 fully saturated rings. The van der Waals surface area contributed by atoms with E-state index in [1.54, 1.807) is 0 Å². The van der Waals surface area contributed by atoms with Crippen LogP contribution in [0.4, 0.5) is 0 Å². The van der Waals surface area contributed by atoms with Gasteiger partial charge in [-0.1, -0.05) is 6.92 Å². The Balaban J connectivity index is 2.34. The summed E-state index contributed by atoms with van der Waals surface area (Å²) in [5, 5.41) is 0. The molecule has 1 saturated carbocycles. The molecular formula is C10H14O2. The van der Waals surface area contributed by atoms with Gasteiger partial charge in [0.2, 0.25) is 0 Å². The molecule has 0 aromatic rings. The zero-order chi connectivity index (χ0) is 8.72. The van der Waals surface area contributed by atoms with Gasteiger partial charge in [0.1, 0.15) is 6.10 Å². The summed E-state index contributed by atoms with van der Waals surface area (Å²) in [6, 6.07) is 0. The van der Waals surface area contributed by atoms with E-state index >= 15 is 0 Å². The summed E-state index contributed by atoms with van der Waals surface area (Å²) in [4.78, 5) is 11.2. The van der Waals surface area contributed by atoms with E-state index in [9.17, 15) is 4.79 Å². The molecule has 2 heteroatoms. The minimum Gasteiger partial charge on any atom is -0.454 e. The Hall–Kier alpha value is -0.790. The molecular weight excluding hydrogens is 152 g/mol. The molecule has 0 unspecified atom stereocenters. The van der Waals surface area contributed by atoms with Crippen LogP contribution in [-0.4, -0.2) is 12.1 Å². The van der Waals surface area contributed by atoms with E-state index in [2.05, 4.69) is 6.92 Å². The van der Waals surface area contributed by atoms with Crippen LogP contribution in [0.25, 0.3) is 0 Å².